The van der Waals surface area contributed by atoms with Crippen molar-refractivity contribution in [1.82, 2.24) is 4.90 Å². The predicted octanol–water partition coefficient (Wildman–Crippen LogP) is 3.26. The third kappa shape index (κ3) is 2.76. The molecule has 0 radical (unpaired) electrons. The van der Waals surface area contributed by atoms with E-state index in [0.29, 0.717) is 12.1 Å². The molecular weight excluding hydrogens is 220 g/mol. The van der Waals surface area contributed by atoms with Gasteiger partial charge in [0.25, 0.3) is 0 Å². The van der Waals surface area contributed by atoms with Gasteiger partial charge in [0.2, 0.25) is 0 Å². The van der Waals surface area contributed by atoms with Crippen molar-refractivity contribution < 1.29 is 0 Å². The molecule has 0 amide bonds. The van der Waals surface area contributed by atoms with Gasteiger partial charge in [-0.15, -0.1) is 0 Å². The van der Waals surface area contributed by atoms with Crippen molar-refractivity contribution in [3.05, 3.63) is 35.4 Å². The minimum atomic E-state index is 0.230. The fourth-order valence-electron chi connectivity index (χ4n) is 3.04. The maximum Gasteiger partial charge on any atom is 0.0501 e. The molecule has 0 spiro atoms. The average molecular weight is 246 g/mol. The molecule has 0 aromatic heterocycles. The number of benzene rings is 1. The summed E-state index contributed by atoms with van der Waals surface area (Å²) < 4.78 is 0. The van der Waals surface area contributed by atoms with Crippen LogP contribution in [0.5, 0.6) is 0 Å². The first-order chi connectivity index (χ1) is 8.63. The highest BCUT2D eigenvalue weighted by Crippen LogP contribution is 2.32. The molecule has 1 aliphatic rings. The van der Waals surface area contributed by atoms with Crippen LogP contribution in [-0.4, -0.2) is 23.5 Å². The topological polar surface area (TPSA) is 29.3 Å². The molecule has 1 aromatic rings. The molecule has 0 bridgehead atoms. The Morgan fingerprint density at radius 2 is 2.00 bits per heavy atom. The van der Waals surface area contributed by atoms with E-state index in [-0.39, 0.29) is 6.04 Å². The lowest BCUT2D eigenvalue weighted by Crippen LogP contribution is -2.42. The van der Waals surface area contributed by atoms with Crippen LogP contribution in [0.1, 0.15) is 50.3 Å². The zero-order chi connectivity index (χ0) is 13.1. The number of hydrogen-bond donors (Lipinski definition) is 1. The molecule has 1 heterocycles. The SMILES string of the molecule is CCC(N)C(c1ccc(C)cc1)N1CCCC1C. The molecular formula is C16H26N2. The van der Waals surface area contributed by atoms with Gasteiger partial charge in [-0.2, -0.15) is 0 Å². The largest absolute Gasteiger partial charge is 0.326 e. The second-order valence-electron chi connectivity index (χ2n) is 5.66. The van der Waals surface area contributed by atoms with E-state index >= 15 is 0 Å². The fraction of sp³-hybridized carbons (Fsp3) is 0.625. The standard InChI is InChI=1S/C16H26N2/c1-4-15(17)16(18-11-5-6-13(18)3)14-9-7-12(2)8-10-14/h7-10,13,15-16H,4-6,11,17H2,1-3H3. The van der Waals surface area contributed by atoms with Gasteiger partial charge >= 0.3 is 0 Å². The van der Waals surface area contributed by atoms with Crippen molar-refractivity contribution in [2.24, 2.45) is 5.73 Å². The van der Waals surface area contributed by atoms with Crippen LogP contribution in [0.4, 0.5) is 0 Å². The number of likely N-dealkylation sites (tertiary alicyclic amines) is 1. The van der Waals surface area contributed by atoms with Gasteiger partial charge in [0, 0.05) is 12.1 Å². The third-order valence-electron chi connectivity index (χ3n) is 4.26. The molecule has 1 fully saturated rings. The fourth-order valence-corrected chi connectivity index (χ4v) is 3.04. The maximum absolute atomic E-state index is 6.39. The van der Waals surface area contributed by atoms with Crippen molar-refractivity contribution in [2.45, 2.75) is 58.2 Å². The summed E-state index contributed by atoms with van der Waals surface area (Å²) in [5.41, 5.74) is 9.08. The van der Waals surface area contributed by atoms with Crippen molar-refractivity contribution in [3.63, 3.8) is 0 Å². The molecule has 1 aliphatic heterocycles. The number of aryl methyl sites for hydroxylation is 1. The smallest absolute Gasteiger partial charge is 0.0501 e. The van der Waals surface area contributed by atoms with Gasteiger partial charge in [0.05, 0.1) is 6.04 Å². The van der Waals surface area contributed by atoms with Gasteiger partial charge in [0.15, 0.2) is 0 Å². The molecule has 2 heteroatoms. The quantitative estimate of drug-likeness (QED) is 0.883. The van der Waals surface area contributed by atoms with Gasteiger partial charge in [-0.3, -0.25) is 4.90 Å². The molecule has 2 N–H and O–H groups in total. The molecule has 0 saturated carbocycles. The van der Waals surface area contributed by atoms with Gasteiger partial charge in [-0.25, -0.2) is 0 Å². The van der Waals surface area contributed by atoms with Crippen LogP contribution < -0.4 is 5.73 Å². The number of hydrogen-bond acceptors (Lipinski definition) is 2. The Bertz CT molecular complexity index is 371. The number of nitrogens with two attached hydrogens (primary N) is 1. The predicted molar refractivity (Wildman–Crippen MR) is 77.6 cm³/mol. The summed E-state index contributed by atoms with van der Waals surface area (Å²) in [6.07, 6.45) is 3.64. The first-order valence-electron chi connectivity index (χ1n) is 7.21. The summed E-state index contributed by atoms with van der Waals surface area (Å²) in [6, 6.07) is 10.2. The molecule has 0 aliphatic carbocycles. The lowest BCUT2D eigenvalue weighted by Gasteiger charge is -2.35. The molecule has 1 aromatic carbocycles. The number of rotatable bonds is 4. The van der Waals surface area contributed by atoms with Crippen molar-refractivity contribution >= 4 is 0 Å². The van der Waals surface area contributed by atoms with Crippen LogP contribution >= 0.6 is 0 Å². The third-order valence-corrected chi connectivity index (χ3v) is 4.26. The summed E-state index contributed by atoms with van der Waals surface area (Å²) in [4.78, 5) is 2.60. The highest BCUT2D eigenvalue weighted by atomic mass is 15.2. The van der Waals surface area contributed by atoms with E-state index in [1.807, 2.05) is 0 Å². The van der Waals surface area contributed by atoms with Crippen LogP contribution in [0.15, 0.2) is 24.3 Å². The van der Waals surface area contributed by atoms with Gasteiger partial charge < -0.3 is 5.73 Å². The van der Waals surface area contributed by atoms with E-state index in [0.717, 1.165) is 6.42 Å². The van der Waals surface area contributed by atoms with E-state index in [9.17, 15) is 0 Å². The minimum Gasteiger partial charge on any atom is -0.326 e. The van der Waals surface area contributed by atoms with Crippen LogP contribution in [0, 0.1) is 6.92 Å². The second kappa shape index (κ2) is 5.85. The van der Waals surface area contributed by atoms with Crippen LogP contribution in [0.25, 0.3) is 0 Å². The summed E-state index contributed by atoms with van der Waals surface area (Å²) in [7, 11) is 0. The molecule has 100 valence electrons. The first-order valence-corrected chi connectivity index (χ1v) is 7.21. The van der Waals surface area contributed by atoms with Crippen LogP contribution in [0.3, 0.4) is 0 Å². The Hall–Kier alpha value is -0.860. The Labute approximate surface area is 111 Å². The highest BCUT2D eigenvalue weighted by molar-refractivity contribution is 5.25. The normalized spacial score (nSPS) is 24.1. The van der Waals surface area contributed by atoms with Crippen LogP contribution in [0.2, 0.25) is 0 Å². The highest BCUT2D eigenvalue weighted by Gasteiger charge is 2.31. The Morgan fingerprint density at radius 3 is 2.50 bits per heavy atom. The zero-order valence-electron chi connectivity index (χ0n) is 11.9. The van der Waals surface area contributed by atoms with E-state index < -0.39 is 0 Å². The summed E-state index contributed by atoms with van der Waals surface area (Å²) in [5.74, 6) is 0. The molecule has 2 rings (SSSR count). The molecule has 1 saturated heterocycles. The minimum absolute atomic E-state index is 0.230. The molecule has 3 atom stereocenters. The number of nitrogens with zero attached hydrogens (tertiary/aromatic N) is 1. The zero-order valence-corrected chi connectivity index (χ0v) is 11.9. The maximum atomic E-state index is 6.39. The van der Waals surface area contributed by atoms with Crippen molar-refractivity contribution in [3.8, 4) is 0 Å². The van der Waals surface area contributed by atoms with Gasteiger partial charge in [0.1, 0.15) is 0 Å². The van der Waals surface area contributed by atoms with Gasteiger partial charge in [-0.05, 0) is 45.2 Å². The second-order valence-corrected chi connectivity index (χ2v) is 5.66. The van der Waals surface area contributed by atoms with E-state index in [1.165, 1.54) is 30.5 Å². The van der Waals surface area contributed by atoms with Gasteiger partial charge in [-0.1, -0.05) is 36.8 Å². The Balaban J connectivity index is 2.27. The Morgan fingerprint density at radius 1 is 1.33 bits per heavy atom. The summed E-state index contributed by atoms with van der Waals surface area (Å²) >= 11 is 0. The molecule has 3 unspecified atom stereocenters. The summed E-state index contributed by atoms with van der Waals surface area (Å²) in [6.45, 7) is 7.84. The lowest BCUT2D eigenvalue weighted by molar-refractivity contribution is 0.163. The van der Waals surface area contributed by atoms with Crippen LogP contribution in [-0.2, 0) is 0 Å². The van der Waals surface area contributed by atoms with E-state index in [4.69, 9.17) is 5.73 Å². The Kier molecular flexibility index (Phi) is 4.41. The van der Waals surface area contributed by atoms with E-state index in [2.05, 4.69) is 49.9 Å². The first kappa shape index (κ1) is 13.6. The monoisotopic (exact) mass is 246 g/mol. The molecule has 18 heavy (non-hydrogen) atoms. The van der Waals surface area contributed by atoms with Crippen molar-refractivity contribution in [1.29, 1.82) is 0 Å². The lowest BCUT2D eigenvalue weighted by atomic mass is 9.95. The molecule has 2 nitrogen and oxygen atoms in total. The average Bonchev–Trinajstić information content (AvgIpc) is 2.78. The van der Waals surface area contributed by atoms with Crippen molar-refractivity contribution in [2.75, 3.05) is 6.54 Å². The van der Waals surface area contributed by atoms with E-state index in [1.54, 1.807) is 0 Å². The summed E-state index contributed by atoms with van der Waals surface area (Å²) in [5, 5.41) is 0.